The fraction of sp³-hybridized carbons (Fsp3) is 0.208. The summed E-state index contributed by atoms with van der Waals surface area (Å²) >= 11 is 0. The number of carbonyl (C=O) groups is 1. The molecule has 0 aliphatic rings. The highest BCUT2D eigenvalue weighted by Gasteiger charge is 2.13. The molecule has 6 nitrogen and oxygen atoms in total. The molecule has 0 saturated carbocycles. The number of nitrogens with one attached hydrogen (secondary N) is 2. The first-order valence-corrected chi connectivity index (χ1v) is 10.0. The summed E-state index contributed by atoms with van der Waals surface area (Å²) in [5.41, 5.74) is 6.83. The minimum atomic E-state index is -0.224. The van der Waals surface area contributed by atoms with Gasteiger partial charge in [-0.3, -0.25) is 0 Å². The first-order valence-electron chi connectivity index (χ1n) is 10.0. The average Bonchev–Trinajstić information content (AvgIpc) is 3.10. The highest BCUT2D eigenvalue weighted by Crippen LogP contribution is 2.24. The van der Waals surface area contributed by atoms with Gasteiger partial charge in [0.15, 0.2) is 5.65 Å². The van der Waals surface area contributed by atoms with Gasteiger partial charge in [0.05, 0.1) is 0 Å². The fourth-order valence-corrected chi connectivity index (χ4v) is 3.41. The lowest BCUT2D eigenvalue weighted by molar-refractivity contribution is 0.251. The summed E-state index contributed by atoms with van der Waals surface area (Å²) < 4.78 is 2.05. The van der Waals surface area contributed by atoms with Gasteiger partial charge >= 0.3 is 6.03 Å². The molecule has 2 N–H and O–H groups in total. The zero-order chi connectivity index (χ0) is 21.1. The number of aromatic nitrogens is 3. The molecule has 6 heteroatoms. The van der Waals surface area contributed by atoms with Gasteiger partial charge < -0.3 is 15.2 Å². The maximum Gasteiger partial charge on any atom is 0.319 e. The third-order valence-corrected chi connectivity index (χ3v) is 5.08. The monoisotopic (exact) mass is 399 g/mol. The van der Waals surface area contributed by atoms with Crippen molar-refractivity contribution in [2.75, 3.05) is 11.9 Å². The number of rotatable bonds is 5. The Hall–Kier alpha value is -3.67. The van der Waals surface area contributed by atoms with E-state index in [0.29, 0.717) is 13.1 Å². The van der Waals surface area contributed by atoms with E-state index in [2.05, 4.69) is 51.4 Å². The fourth-order valence-electron chi connectivity index (χ4n) is 3.41. The molecule has 2 aromatic heterocycles. The van der Waals surface area contributed by atoms with Crippen LogP contribution >= 0.6 is 0 Å². The van der Waals surface area contributed by atoms with E-state index in [0.717, 1.165) is 39.4 Å². The Bertz CT molecular complexity index is 1190. The van der Waals surface area contributed by atoms with E-state index >= 15 is 0 Å². The molecule has 0 bridgehead atoms. The van der Waals surface area contributed by atoms with Crippen molar-refractivity contribution >= 4 is 22.9 Å². The number of amides is 2. The molecule has 0 aliphatic carbocycles. The van der Waals surface area contributed by atoms with E-state index < -0.39 is 0 Å². The van der Waals surface area contributed by atoms with Crippen LogP contribution in [0.5, 0.6) is 0 Å². The Morgan fingerprint density at radius 2 is 1.77 bits per heavy atom. The molecular formula is C24H25N5O. The molecule has 0 aliphatic heterocycles. The van der Waals surface area contributed by atoms with Crippen molar-refractivity contribution < 1.29 is 4.79 Å². The van der Waals surface area contributed by atoms with Gasteiger partial charge in [-0.15, -0.1) is 0 Å². The standard InChI is InChI=1S/C24H25N5O/c1-16-7-10-19(11-8-16)22-27-20-5-4-12-25-23(20)29(22)14-13-26-24(30)28-21-15-17(2)6-9-18(21)3/h4-12,15H,13-14H2,1-3H3,(H2,26,28,30). The lowest BCUT2D eigenvalue weighted by atomic mass is 10.1. The van der Waals surface area contributed by atoms with Crippen molar-refractivity contribution in [3.05, 3.63) is 77.5 Å². The van der Waals surface area contributed by atoms with Crippen LogP contribution in [0.3, 0.4) is 0 Å². The van der Waals surface area contributed by atoms with E-state index in [1.54, 1.807) is 6.20 Å². The largest absolute Gasteiger partial charge is 0.336 e. The highest BCUT2D eigenvalue weighted by molar-refractivity contribution is 5.90. The predicted octanol–water partition coefficient (Wildman–Crippen LogP) is 4.85. The van der Waals surface area contributed by atoms with Crippen LogP contribution in [-0.4, -0.2) is 27.1 Å². The van der Waals surface area contributed by atoms with Gasteiger partial charge in [-0.1, -0.05) is 42.0 Å². The predicted molar refractivity (Wildman–Crippen MR) is 121 cm³/mol. The number of anilines is 1. The molecule has 0 unspecified atom stereocenters. The van der Waals surface area contributed by atoms with Gasteiger partial charge in [0.2, 0.25) is 0 Å². The van der Waals surface area contributed by atoms with Crippen molar-refractivity contribution in [3.8, 4) is 11.4 Å². The van der Waals surface area contributed by atoms with Gasteiger partial charge in [-0.05, 0) is 50.1 Å². The first-order chi connectivity index (χ1) is 14.5. The quantitative estimate of drug-likeness (QED) is 0.504. The Morgan fingerprint density at radius 3 is 2.57 bits per heavy atom. The molecule has 152 valence electrons. The molecule has 0 radical (unpaired) electrons. The van der Waals surface area contributed by atoms with Gasteiger partial charge in [0, 0.05) is 30.5 Å². The van der Waals surface area contributed by atoms with E-state index in [-0.39, 0.29) is 6.03 Å². The van der Waals surface area contributed by atoms with Crippen LogP contribution < -0.4 is 10.6 Å². The van der Waals surface area contributed by atoms with Crippen LogP contribution in [0.15, 0.2) is 60.8 Å². The van der Waals surface area contributed by atoms with Gasteiger partial charge in [-0.25, -0.2) is 14.8 Å². The van der Waals surface area contributed by atoms with E-state index in [9.17, 15) is 4.79 Å². The van der Waals surface area contributed by atoms with Crippen molar-refractivity contribution in [3.63, 3.8) is 0 Å². The normalized spacial score (nSPS) is 10.9. The smallest absolute Gasteiger partial charge is 0.319 e. The average molecular weight is 399 g/mol. The van der Waals surface area contributed by atoms with E-state index in [1.807, 2.05) is 44.2 Å². The second-order valence-electron chi connectivity index (χ2n) is 7.50. The van der Waals surface area contributed by atoms with Gasteiger partial charge in [-0.2, -0.15) is 0 Å². The molecule has 0 spiro atoms. The summed E-state index contributed by atoms with van der Waals surface area (Å²) in [6.45, 7) is 7.07. The van der Waals surface area contributed by atoms with Crippen LogP contribution in [0.25, 0.3) is 22.6 Å². The summed E-state index contributed by atoms with van der Waals surface area (Å²) in [5, 5.41) is 5.87. The number of fused-ring (bicyclic) bond motifs is 1. The summed E-state index contributed by atoms with van der Waals surface area (Å²) in [7, 11) is 0. The Labute approximate surface area is 176 Å². The lowest BCUT2D eigenvalue weighted by Crippen LogP contribution is -2.31. The molecule has 2 amide bonds. The molecule has 2 aromatic carbocycles. The minimum Gasteiger partial charge on any atom is -0.336 e. The van der Waals surface area contributed by atoms with Gasteiger partial charge in [0.1, 0.15) is 11.3 Å². The number of benzene rings is 2. The number of hydrogen-bond acceptors (Lipinski definition) is 3. The lowest BCUT2D eigenvalue weighted by Gasteiger charge is -2.12. The number of hydrogen-bond donors (Lipinski definition) is 2. The van der Waals surface area contributed by atoms with Crippen LogP contribution in [0.2, 0.25) is 0 Å². The minimum absolute atomic E-state index is 0.224. The second kappa shape index (κ2) is 8.37. The van der Waals surface area contributed by atoms with E-state index in [4.69, 9.17) is 4.98 Å². The Kier molecular flexibility index (Phi) is 5.48. The Morgan fingerprint density at radius 1 is 1.00 bits per heavy atom. The van der Waals surface area contributed by atoms with Crippen LogP contribution in [0.1, 0.15) is 16.7 Å². The third-order valence-electron chi connectivity index (χ3n) is 5.08. The van der Waals surface area contributed by atoms with Crippen molar-refractivity contribution in [2.45, 2.75) is 27.3 Å². The summed E-state index contributed by atoms with van der Waals surface area (Å²) in [4.78, 5) is 21.7. The number of imidazole rings is 1. The Balaban J connectivity index is 1.51. The number of aryl methyl sites for hydroxylation is 3. The van der Waals surface area contributed by atoms with Crippen LogP contribution in [0.4, 0.5) is 10.5 Å². The summed E-state index contributed by atoms with van der Waals surface area (Å²) in [5.74, 6) is 0.848. The van der Waals surface area contributed by atoms with Crippen LogP contribution in [-0.2, 0) is 6.54 Å². The van der Waals surface area contributed by atoms with E-state index in [1.165, 1.54) is 5.56 Å². The molecule has 4 rings (SSSR count). The van der Waals surface area contributed by atoms with Gasteiger partial charge in [0.25, 0.3) is 0 Å². The topological polar surface area (TPSA) is 71.8 Å². The van der Waals surface area contributed by atoms with Crippen molar-refractivity contribution in [1.82, 2.24) is 19.9 Å². The second-order valence-corrected chi connectivity index (χ2v) is 7.50. The number of urea groups is 1. The molecular weight excluding hydrogens is 374 g/mol. The zero-order valence-corrected chi connectivity index (χ0v) is 17.4. The SMILES string of the molecule is Cc1ccc(-c2nc3cccnc3n2CCNC(=O)Nc2cc(C)ccc2C)cc1. The summed E-state index contributed by atoms with van der Waals surface area (Å²) in [6, 6.07) is 17.9. The first kappa shape index (κ1) is 19.6. The number of pyridine rings is 1. The molecule has 0 atom stereocenters. The molecule has 2 heterocycles. The summed E-state index contributed by atoms with van der Waals surface area (Å²) in [6.07, 6.45) is 1.76. The molecule has 0 fully saturated rings. The molecule has 0 saturated heterocycles. The molecule has 30 heavy (non-hydrogen) atoms. The zero-order valence-electron chi connectivity index (χ0n) is 17.4. The number of carbonyl (C=O) groups excluding carboxylic acids is 1. The van der Waals surface area contributed by atoms with Crippen LogP contribution in [0, 0.1) is 20.8 Å². The van der Waals surface area contributed by atoms with Crippen molar-refractivity contribution in [2.24, 2.45) is 0 Å². The van der Waals surface area contributed by atoms with Crippen molar-refractivity contribution in [1.29, 1.82) is 0 Å². The maximum atomic E-state index is 12.4. The molecule has 4 aromatic rings. The third kappa shape index (κ3) is 4.17. The maximum absolute atomic E-state index is 12.4. The highest BCUT2D eigenvalue weighted by atomic mass is 16.2. The number of nitrogens with zero attached hydrogens (tertiary/aromatic N) is 3.